The van der Waals surface area contributed by atoms with Crippen LogP contribution in [0.15, 0.2) is 48.0 Å². The third kappa shape index (κ3) is 5.68. The molecule has 1 heterocycles. The van der Waals surface area contributed by atoms with Gasteiger partial charge in [-0.15, -0.1) is 0 Å². The normalized spacial score (nSPS) is 17.3. The Morgan fingerprint density at radius 2 is 1.71 bits per heavy atom. The number of nitrogens with zero attached hydrogens (tertiary/aromatic N) is 2. The fraction of sp³-hybridized carbons (Fsp3) is 0.429. The molecule has 1 fully saturated rings. The van der Waals surface area contributed by atoms with E-state index in [2.05, 4.69) is 18.7 Å². The predicted octanol–water partition coefficient (Wildman–Crippen LogP) is 4.56. The minimum atomic E-state index is -0.735. The van der Waals surface area contributed by atoms with Crippen molar-refractivity contribution >= 4 is 17.4 Å². The van der Waals surface area contributed by atoms with Gasteiger partial charge in [-0.05, 0) is 44.1 Å². The summed E-state index contributed by atoms with van der Waals surface area (Å²) >= 11 is 0. The van der Waals surface area contributed by atoms with Gasteiger partial charge in [-0.2, -0.15) is 0 Å². The summed E-state index contributed by atoms with van der Waals surface area (Å²) in [5, 5.41) is 11.2. The zero-order valence-corrected chi connectivity index (χ0v) is 21.3. The maximum Gasteiger partial charge on any atom is 0.295 e. The molecule has 2 aromatic rings. The number of aliphatic hydroxyl groups excluding tert-OH is 1. The number of aliphatic hydroxyl groups is 1. The number of hydrogen-bond acceptors (Lipinski definition) is 6. The number of benzene rings is 2. The molecule has 2 aromatic carbocycles. The summed E-state index contributed by atoms with van der Waals surface area (Å²) in [6.07, 6.45) is 0.854. The Morgan fingerprint density at radius 1 is 1.03 bits per heavy atom. The largest absolute Gasteiger partial charge is 0.507 e. The fourth-order valence-electron chi connectivity index (χ4n) is 4.30. The van der Waals surface area contributed by atoms with Gasteiger partial charge in [-0.25, -0.2) is 0 Å². The molecule has 1 saturated heterocycles. The third-order valence-corrected chi connectivity index (χ3v) is 6.38. The molecule has 0 radical (unpaired) electrons. The highest BCUT2D eigenvalue weighted by molar-refractivity contribution is 6.46. The van der Waals surface area contributed by atoms with Gasteiger partial charge < -0.3 is 24.4 Å². The summed E-state index contributed by atoms with van der Waals surface area (Å²) in [7, 11) is 1.56. The third-order valence-electron chi connectivity index (χ3n) is 6.38. The number of aryl methyl sites for hydroxylation is 1. The molecule has 0 spiro atoms. The number of ketones is 1. The van der Waals surface area contributed by atoms with Crippen molar-refractivity contribution in [2.45, 2.75) is 40.2 Å². The Balaban J connectivity index is 2.12. The van der Waals surface area contributed by atoms with Gasteiger partial charge in [0.1, 0.15) is 5.76 Å². The van der Waals surface area contributed by atoms with Crippen molar-refractivity contribution in [2.75, 3.05) is 39.9 Å². The maximum absolute atomic E-state index is 13.2. The number of methoxy groups -OCH3 is 1. The Kier molecular flexibility index (Phi) is 8.93. The topological polar surface area (TPSA) is 79.3 Å². The average Bonchev–Trinajstić information content (AvgIpc) is 3.13. The second kappa shape index (κ2) is 11.9. The smallest absolute Gasteiger partial charge is 0.295 e. The highest BCUT2D eigenvalue weighted by atomic mass is 16.5. The monoisotopic (exact) mass is 480 g/mol. The summed E-state index contributed by atoms with van der Waals surface area (Å²) in [6.45, 7) is 11.3. The van der Waals surface area contributed by atoms with E-state index in [-0.39, 0.29) is 11.3 Å². The number of carbonyl (C=O) groups is 2. The molecule has 1 aliphatic heterocycles. The second-order valence-electron chi connectivity index (χ2n) is 8.64. The van der Waals surface area contributed by atoms with E-state index in [0.29, 0.717) is 42.3 Å². The molecule has 0 aliphatic carbocycles. The molecule has 3 rings (SSSR count). The Bertz CT molecular complexity index is 1070. The van der Waals surface area contributed by atoms with Crippen molar-refractivity contribution in [1.82, 2.24) is 9.80 Å². The van der Waals surface area contributed by atoms with E-state index in [0.717, 1.165) is 25.1 Å². The van der Waals surface area contributed by atoms with E-state index in [1.165, 1.54) is 0 Å². The molecule has 0 bridgehead atoms. The SMILES string of the molecule is CCCOc1ccc([C@H]2C(=C(O)c3ccc(C)cc3)C(=O)C(=O)N2CCN(CC)CC)cc1OC. The Labute approximate surface area is 207 Å². The Morgan fingerprint density at radius 3 is 2.31 bits per heavy atom. The van der Waals surface area contributed by atoms with Crippen LogP contribution in [-0.4, -0.2) is 66.5 Å². The molecule has 1 N–H and O–H groups in total. The first-order valence-electron chi connectivity index (χ1n) is 12.2. The zero-order valence-electron chi connectivity index (χ0n) is 21.3. The lowest BCUT2D eigenvalue weighted by Gasteiger charge is -2.28. The molecule has 1 aliphatic rings. The van der Waals surface area contributed by atoms with E-state index in [1.54, 1.807) is 36.3 Å². The second-order valence-corrected chi connectivity index (χ2v) is 8.64. The van der Waals surface area contributed by atoms with E-state index in [1.807, 2.05) is 32.0 Å². The van der Waals surface area contributed by atoms with Crippen LogP contribution in [0.1, 0.15) is 49.9 Å². The lowest BCUT2D eigenvalue weighted by Crippen LogP contribution is -2.38. The molecular formula is C28H36N2O5. The van der Waals surface area contributed by atoms with E-state index in [4.69, 9.17) is 9.47 Å². The number of likely N-dealkylation sites (tertiary alicyclic amines) is 1. The van der Waals surface area contributed by atoms with Crippen molar-refractivity contribution in [1.29, 1.82) is 0 Å². The number of carbonyl (C=O) groups excluding carboxylic acids is 2. The van der Waals surface area contributed by atoms with Gasteiger partial charge >= 0.3 is 0 Å². The lowest BCUT2D eigenvalue weighted by atomic mass is 9.94. The summed E-state index contributed by atoms with van der Waals surface area (Å²) in [6, 6.07) is 11.9. The zero-order chi connectivity index (χ0) is 25.5. The van der Waals surface area contributed by atoms with E-state index >= 15 is 0 Å². The van der Waals surface area contributed by atoms with Crippen molar-refractivity contribution < 1.29 is 24.2 Å². The molecular weight excluding hydrogens is 444 g/mol. The molecule has 0 aromatic heterocycles. The van der Waals surface area contributed by atoms with Gasteiger partial charge in [-0.3, -0.25) is 9.59 Å². The van der Waals surface area contributed by atoms with Crippen LogP contribution in [0.4, 0.5) is 0 Å². The van der Waals surface area contributed by atoms with Crippen LogP contribution < -0.4 is 9.47 Å². The first-order chi connectivity index (χ1) is 16.9. The van der Waals surface area contributed by atoms with E-state index < -0.39 is 17.7 Å². The molecule has 1 amide bonds. The van der Waals surface area contributed by atoms with Gasteiger partial charge in [0.05, 0.1) is 25.3 Å². The number of Topliss-reactive ketones (excluding diaryl/α,β-unsaturated/α-hetero) is 1. The highest BCUT2D eigenvalue weighted by Gasteiger charge is 2.46. The maximum atomic E-state index is 13.2. The fourth-order valence-corrected chi connectivity index (χ4v) is 4.30. The van der Waals surface area contributed by atoms with Crippen LogP contribution in [0.25, 0.3) is 5.76 Å². The minimum Gasteiger partial charge on any atom is -0.507 e. The minimum absolute atomic E-state index is 0.0858. The lowest BCUT2D eigenvalue weighted by molar-refractivity contribution is -0.140. The molecule has 0 saturated carbocycles. The molecule has 0 unspecified atom stereocenters. The number of rotatable bonds is 11. The summed E-state index contributed by atoms with van der Waals surface area (Å²) < 4.78 is 11.3. The van der Waals surface area contributed by atoms with Crippen LogP contribution in [0, 0.1) is 6.92 Å². The van der Waals surface area contributed by atoms with Crippen molar-refractivity contribution in [3.8, 4) is 11.5 Å². The first kappa shape index (κ1) is 26.3. The van der Waals surface area contributed by atoms with Gasteiger partial charge in [-0.1, -0.05) is 56.7 Å². The molecule has 35 heavy (non-hydrogen) atoms. The molecule has 188 valence electrons. The summed E-state index contributed by atoms with van der Waals surface area (Å²) in [5.74, 6) is -0.361. The first-order valence-corrected chi connectivity index (χ1v) is 12.2. The summed E-state index contributed by atoms with van der Waals surface area (Å²) in [4.78, 5) is 30.2. The van der Waals surface area contributed by atoms with Crippen LogP contribution in [0.3, 0.4) is 0 Å². The molecule has 7 nitrogen and oxygen atoms in total. The summed E-state index contributed by atoms with van der Waals surface area (Å²) in [5.41, 5.74) is 2.29. The van der Waals surface area contributed by atoms with Gasteiger partial charge in [0.2, 0.25) is 0 Å². The van der Waals surface area contributed by atoms with Crippen molar-refractivity contribution in [3.63, 3.8) is 0 Å². The van der Waals surface area contributed by atoms with Crippen LogP contribution in [0.5, 0.6) is 11.5 Å². The number of ether oxygens (including phenoxy) is 2. The van der Waals surface area contributed by atoms with Gasteiger partial charge in [0.25, 0.3) is 11.7 Å². The molecule has 1 atom stereocenters. The van der Waals surface area contributed by atoms with Crippen LogP contribution >= 0.6 is 0 Å². The highest BCUT2D eigenvalue weighted by Crippen LogP contribution is 2.42. The number of hydrogen-bond donors (Lipinski definition) is 1. The van der Waals surface area contributed by atoms with Gasteiger partial charge in [0, 0.05) is 18.7 Å². The van der Waals surface area contributed by atoms with Gasteiger partial charge in [0.15, 0.2) is 11.5 Å². The predicted molar refractivity (Wildman–Crippen MR) is 137 cm³/mol. The quantitative estimate of drug-likeness (QED) is 0.289. The number of likely N-dealkylation sites (N-methyl/N-ethyl adjacent to an activating group) is 1. The standard InChI is InChI=1S/C28H36N2O5/c1-6-17-35-22-14-13-21(18-23(22)34-5)25-24(26(31)20-11-9-19(4)10-12-20)27(32)28(33)30(25)16-15-29(7-2)8-3/h9-14,18,25,31H,6-8,15-17H2,1-5H3/t25-/m0/s1. The van der Waals surface area contributed by atoms with Crippen LogP contribution in [-0.2, 0) is 9.59 Å². The van der Waals surface area contributed by atoms with Crippen LogP contribution in [0.2, 0.25) is 0 Å². The average molecular weight is 481 g/mol. The Hall–Kier alpha value is -3.32. The van der Waals surface area contributed by atoms with E-state index in [9.17, 15) is 14.7 Å². The van der Waals surface area contributed by atoms with Crippen molar-refractivity contribution in [2.24, 2.45) is 0 Å². The van der Waals surface area contributed by atoms with Crippen molar-refractivity contribution in [3.05, 3.63) is 64.7 Å². The molecule has 7 heteroatoms. The number of amides is 1.